The zero-order chi connectivity index (χ0) is 33.5. The molecule has 2 aromatic carbocycles. The van der Waals surface area contributed by atoms with Crippen molar-refractivity contribution in [2.45, 2.75) is 71.7 Å². The fourth-order valence-electron chi connectivity index (χ4n) is 4.28. The molecule has 4 unspecified atom stereocenters. The second-order valence-corrected chi connectivity index (χ2v) is 11.2. The zero-order valence-electron chi connectivity index (χ0n) is 25.9. The fraction of sp³-hybridized carbons (Fsp3) is 0.438. The van der Waals surface area contributed by atoms with Gasteiger partial charge in [-0.05, 0) is 41.5 Å². The number of benzene rings is 2. The van der Waals surface area contributed by atoms with Crippen LogP contribution in [0.1, 0.15) is 51.7 Å². The number of hydrogen-bond donors (Lipinski definition) is 5. The molecule has 0 saturated carbocycles. The summed E-state index contributed by atoms with van der Waals surface area (Å²) in [4.78, 5) is 76.0. The molecule has 6 N–H and O–H groups in total. The Morgan fingerprint density at radius 1 is 0.844 bits per heavy atom. The van der Waals surface area contributed by atoms with Gasteiger partial charge in [0, 0.05) is 6.42 Å². The molecule has 45 heavy (non-hydrogen) atoms. The minimum atomic E-state index is -1.25. The molecule has 244 valence electrons. The number of Topliss-reactive ketones (excluding diaryl/α,β-unsaturated/α-hetero) is 1. The highest BCUT2D eigenvalue weighted by Gasteiger charge is 2.34. The smallest absolute Gasteiger partial charge is 0.408 e. The van der Waals surface area contributed by atoms with Gasteiger partial charge in [0.05, 0.1) is 12.6 Å². The Balaban J connectivity index is 2.00. The molecule has 0 aliphatic carbocycles. The van der Waals surface area contributed by atoms with Crippen LogP contribution in [-0.4, -0.2) is 60.2 Å². The van der Waals surface area contributed by atoms with Gasteiger partial charge in [-0.1, -0.05) is 76.6 Å². The monoisotopic (exact) mass is 627 g/mol. The van der Waals surface area contributed by atoms with Crippen LogP contribution in [-0.2, 0) is 41.7 Å². The topological polar surface area (TPSA) is 186 Å². The maximum atomic E-state index is 13.3. The number of carbonyl (C=O) groups is 6. The lowest BCUT2D eigenvalue weighted by atomic mass is 9.94. The number of carbonyl (C=O) groups excluding carboxylic acids is 6. The Labute approximate surface area is 262 Å². The van der Waals surface area contributed by atoms with Gasteiger partial charge in [-0.2, -0.15) is 0 Å². The Kier molecular flexibility index (Phi) is 14.6. The Hall–Kier alpha value is -4.81. The lowest BCUT2D eigenvalue weighted by Crippen LogP contribution is -2.56. The van der Waals surface area contributed by atoms with Gasteiger partial charge in [-0.15, -0.1) is 0 Å². The molecule has 0 spiro atoms. The molecule has 0 heterocycles. The maximum Gasteiger partial charge on any atom is 0.408 e. The number of hydrogen-bond acceptors (Lipinski definition) is 7. The summed E-state index contributed by atoms with van der Waals surface area (Å²) in [5.41, 5.74) is 6.69. The van der Waals surface area contributed by atoms with Crippen molar-refractivity contribution in [2.75, 3.05) is 6.54 Å². The van der Waals surface area contributed by atoms with Crippen molar-refractivity contribution in [3.05, 3.63) is 71.5 Å². The van der Waals surface area contributed by atoms with Crippen LogP contribution >= 0.6 is 0 Å². The van der Waals surface area contributed by atoms with E-state index in [0.717, 1.165) is 5.56 Å². The van der Waals surface area contributed by atoms with Crippen LogP contribution in [0, 0.1) is 17.7 Å². The normalized spacial score (nSPS) is 13.5. The van der Waals surface area contributed by atoms with Crippen molar-refractivity contribution in [1.82, 2.24) is 21.3 Å². The van der Waals surface area contributed by atoms with E-state index in [1.807, 2.05) is 19.9 Å². The first kappa shape index (κ1) is 36.4. The van der Waals surface area contributed by atoms with Crippen LogP contribution in [0.3, 0.4) is 0 Å². The van der Waals surface area contributed by atoms with Crippen LogP contribution in [0.15, 0.2) is 54.6 Å². The van der Waals surface area contributed by atoms with Gasteiger partial charge in [0.2, 0.25) is 23.5 Å². The van der Waals surface area contributed by atoms with E-state index in [2.05, 4.69) is 21.3 Å². The molecule has 5 amide bonds. The second kappa shape index (κ2) is 18.1. The third kappa shape index (κ3) is 12.8. The third-order valence-electron chi connectivity index (χ3n) is 6.99. The molecule has 0 aliphatic heterocycles. The average Bonchev–Trinajstić information content (AvgIpc) is 3.01. The summed E-state index contributed by atoms with van der Waals surface area (Å²) >= 11 is 0. The van der Waals surface area contributed by atoms with Crippen molar-refractivity contribution in [3.63, 3.8) is 0 Å². The van der Waals surface area contributed by atoms with Crippen molar-refractivity contribution in [3.8, 4) is 0 Å². The molecule has 0 fully saturated rings. The number of nitrogens with one attached hydrogen (secondary N) is 4. The molecule has 13 heteroatoms. The summed E-state index contributed by atoms with van der Waals surface area (Å²) in [5, 5.41) is 9.73. The fourth-order valence-corrected chi connectivity index (χ4v) is 4.28. The summed E-state index contributed by atoms with van der Waals surface area (Å²) in [6, 6.07) is 10.8. The second-order valence-electron chi connectivity index (χ2n) is 11.2. The number of ether oxygens (including phenoxy) is 1. The van der Waals surface area contributed by atoms with Crippen LogP contribution in [0.25, 0.3) is 0 Å². The predicted molar refractivity (Wildman–Crippen MR) is 164 cm³/mol. The molecule has 2 aromatic rings. The standard InChI is InChI=1S/C32H42FN5O7/c1-5-20(4)27(38-30(42)25(15-19(2)3)37-32(44)45-18-22-9-7-6-8-10-22)28(40)31(43)35-17-26(39)36-24(29(34)41)16-21-11-13-23(33)14-12-21/h6-14,19-20,24-25,27H,5,15-18H2,1-4H3,(H2,34,41)(H,35,43)(H,36,39)(H,37,44)(H,38,42). The molecular formula is C32H42FN5O7. The lowest BCUT2D eigenvalue weighted by molar-refractivity contribution is -0.141. The van der Waals surface area contributed by atoms with E-state index in [-0.39, 0.29) is 25.4 Å². The lowest BCUT2D eigenvalue weighted by Gasteiger charge is -2.26. The first-order chi connectivity index (χ1) is 21.3. The van der Waals surface area contributed by atoms with Crippen LogP contribution in [0.5, 0.6) is 0 Å². The summed E-state index contributed by atoms with van der Waals surface area (Å²) in [6.07, 6.45) is -0.167. The number of ketones is 1. The highest BCUT2D eigenvalue weighted by Crippen LogP contribution is 2.12. The number of halogens is 1. The van der Waals surface area contributed by atoms with Crippen molar-refractivity contribution in [1.29, 1.82) is 0 Å². The molecule has 2 rings (SSSR count). The molecule has 12 nitrogen and oxygen atoms in total. The minimum Gasteiger partial charge on any atom is -0.445 e. The summed E-state index contributed by atoms with van der Waals surface area (Å²) in [7, 11) is 0. The average molecular weight is 628 g/mol. The van der Waals surface area contributed by atoms with Crippen LogP contribution < -0.4 is 27.0 Å². The van der Waals surface area contributed by atoms with E-state index >= 15 is 0 Å². The third-order valence-corrected chi connectivity index (χ3v) is 6.99. The highest BCUT2D eigenvalue weighted by atomic mass is 19.1. The molecule has 0 bridgehead atoms. The van der Waals surface area contributed by atoms with Crippen LogP contribution in [0.2, 0.25) is 0 Å². The minimum absolute atomic E-state index is 0.00313. The quantitative estimate of drug-likeness (QED) is 0.166. The number of rotatable bonds is 17. The van der Waals surface area contributed by atoms with Gasteiger partial charge >= 0.3 is 6.09 Å². The van der Waals surface area contributed by atoms with E-state index < -0.39 is 71.9 Å². The van der Waals surface area contributed by atoms with Gasteiger partial charge in [-0.3, -0.25) is 24.0 Å². The van der Waals surface area contributed by atoms with Gasteiger partial charge in [-0.25, -0.2) is 9.18 Å². The van der Waals surface area contributed by atoms with Gasteiger partial charge in [0.1, 0.15) is 24.5 Å². The van der Waals surface area contributed by atoms with E-state index in [9.17, 15) is 33.2 Å². The molecule has 0 aromatic heterocycles. The van der Waals surface area contributed by atoms with E-state index in [4.69, 9.17) is 10.5 Å². The van der Waals surface area contributed by atoms with E-state index in [1.54, 1.807) is 38.1 Å². The number of alkyl carbamates (subject to hydrolysis) is 1. The summed E-state index contributed by atoms with van der Waals surface area (Å²) < 4.78 is 18.4. The van der Waals surface area contributed by atoms with Gasteiger partial charge < -0.3 is 31.7 Å². The number of amides is 5. The largest absolute Gasteiger partial charge is 0.445 e. The molecule has 4 atom stereocenters. The molecule has 0 aliphatic rings. The summed E-state index contributed by atoms with van der Waals surface area (Å²) in [6.45, 7) is 6.51. The number of primary amides is 1. The maximum absolute atomic E-state index is 13.3. The van der Waals surface area contributed by atoms with Gasteiger partial charge in [0.25, 0.3) is 5.91 Å². The predicted octanol–water partition coefficient (Wildman–Crippen LogP) is 1.90. The van der Waals surface area contributed by atoms with Crippen molar-refractivity contribution in [2.24, 2.45) is 17.6 Å². The zero-order valence-corrected chi connectivity index (χ0v) is 25.9. The molecule has 0 radical (unpaired) electrons. The van der Waals surface area contributed by atoms with E-state index in [1.165, 1.54) is 24.3 Å². The highest BCUT2D eigenvalue weighted by molar-refractivity contribution is 6.38. The molecule has 0 saturated heterocycles. The van der Waals surface area contributed by atoms with Crippen molar-refractivity contribution >= 4 is 35.5 Å². The van der Waals surface area contributed by atoms with Crippen molar-refractivity contribution < 1.29 is 37.9 Å². The first-order valence-electron chi connectivity index (χ1n) is 14.7. The summed E-state index contributed by atoms with van der Waals surface area (Å²) in [5.74, 6) is -5.37. The molecular weight excluding hydrogens is 585 g/mol. The Bertz CT molecular complexity index is 1320. The first-order valence-corrected chi connectivity index (χ1v) is 14.7. The van der Waals surface area contributed by atoms with E-state index in [0.29, 0.717) is 12.0 Å². The number of nitrogens with two attached hydrogens (primary N) is 1. The SMILES string of the molecule is CCC(C)C(NC(=O)C(CC(C)C)NC(=O)OCc1ccccc1)C(=O)C(=O)NCC(=O)NC(Cc1ccc(F)cc1)C(N)=O. The van der Waals surface area contributed by atoms with Gasteiger partial charge in [0.15, 0.2) is 0 Å². The van der Waals surface area contributed by atoms with Crippen LogP contribution in [0.4, 0.5) is 9.18 Å². The Morgan fingerprint density at radius 3 is 2.07 bits per heavy atom. The Morgan fingerprint density at radius 2 is 1.49 bits per heavy atom.